The second-order valence-corrected chi connectivity index (χ2v) is 8.81. The number of hydrogen-bond acceptors (Lipinski definition) is 5. The van der Waals surface area contributed by atoms with E-state index in [0.29, 0.717) is 12.4 Å². The maximum absolute atomic E-state index is 13.2. The minimum Gasteiger partial charge on any atom is -0.369 e. The number of hydrogen-bond donors (Lipinski definition) is 2. The second kappa shape index (κ2) is 9.49. The van der Waals surface area contributed by atoms with Crippen molar-refractivity contribution in [2.75, 3.05) is 38.0 Å². The zero-order chi connectivity index (χ0) is 22.6. The summed E-state index contributed by atoms with van der Waals surface area (Å²) in [4.78, 5) is 2.32. The van der Waals surface area contributed by atoms with Crippen LogP contribution in [0, 0.1) is 5.82 Å². The van der Waals surface area contributed by atoms with Crippen molar-refractivity contribution in [1.82, 2.24) is 20.4 Å². The molecule has 2 aromatic carbocycles. The number of halogens is 1. The highest BCUT2D eigenvalue weighted by Crippen LogP contribution is 2.26. The second-order valence-electron chi connectivity index (χ2n) is 8.81. The third-order valence-electron chi connectivity index (χ3n) is 5.99. The fourth-order valence-electron chi connectivity index (χ4n) is 3.87. The number of aromatic nitrogens is 2. The van der Waals surface area contributed by atoms with E-state index in [0.717, 1.165) is 54.3 Å². The summed E-state index contributed by atoms with van der Waals surface area (Å²) in [7, 11) is 0. The Morgan fingerprint density at radius 2 is 1.81 bits per heavy atom. The fraction of sp³-hybridized carbons (Fsp3) is 0.308. The van der Waals surface area contributed by atoms with E-state index in [1.807, 2.05) is 36.4 Å². The Morgan fingerprint density at radius 3 is 2.50 bits per heavy atom. The maximum atomic E-state index is 13.2. The molecule has 2 N–H and O–H groups in total. The van der Waals surface area contributed by atoms with Gasteiger partial charge in [0.25, 0.3) is 0 Å². The summed E-state index contributed by atoms with van der Waals surface area (Å²) >= 11 is 0. The maximum Gasteiger partial charge on any atom is 0.148 e. The van der Waals surface area contributed by atoms with Gasteiger partial charge >= 0.3 is 0 Å². The standard InChI is InChI=1S/C26H30FN5/c1-19(32-15-13-28-14-16-32)20-5-4-6-21(17-20)24-11-12-25(31-30-24)29-18-26(2,3)22-7-9-23(27)10-8-22/h4-12,17,28H,1,13-16,18H2,2-3H3,(H,29,31). The molecule has 0 unspecified atom stereocenters. The lowest BCUT2D eigenvalue weighted by atomic mass is 9.84. The van der Waals surface area contributed by atoms with Crippen LogP contribution in [0.15, 0.2) is 67.2 Å². The van der Waals surface area contributed by atoms with Gasteiger partial charge in [0.2, 0.25) is 0 Å². The van der Waals surface area contributed by atoms with E-state index in [-0.39, 0.29) is 11.2 Å². The first kappa shape index (κ1) is 22.0. The van der Waals surface area contributed by atoms with Crippen LogP contribution in [0.4, 0.5) is 10.2 Å². The molecule has 0 atom stereocenters. The van der Waals surface area contributed by atoms with E-state index in [4.69, 9.17) is 0 Å². The van der Waals surface area contributed by atoms with E-state index >= 15 is 0 Å². The van der Waals surface area contributed by atoms with Gasteiger partial charge in [-0.15, -0.1) is 10.2 Å². The van der Waals surface area contributed by atoms with Gasteiger partial charge in [-0.2, -0.15) is 0 Å². The molecule has 32 heavy (non-hydrogen) atoms. The Bertz CT molecular complexity index is 1050. The smallest absolute Gasteiger partial charge is 0.148 e. The van der Waals surface area contributed by atoms with Gasteiger partial charge in [-0.25, -0.2) is 4.39 Å². The Balaban J connectivity index is 1.42. The zero-order valence-corrected chi connectivity index (χ0v) is 18.7. The van der Waals surface area contributed by atoms with Gasteiger partial charge in [0.15, 0.2) is 0 Å². The van der Waals surface area contributed by atoms with Crippen molar-refractivity contribution in [3.05, 3.63) is 84.2 Å². The molecule has 1 aliphatic rings. The van der Waals surface area contributed by atoms with Crippen molar-refractivity contribution in [1.29, 1.82) is 0 Å². The molecule has 2 heterocycles. The van der Waals surface area contributed by atoms with Crippen LogP contribution in [-0.2, 0) is 5.41 Å². The van der Waals surface area contributed by atoms with E-state index in [9.17, 15) is 4.39 Å². The van der Waals surface area contributed by atoms with Crippen molar-refractivity contribution in [2.45, 2.75) is 19.3 Å². The summed E-state index contributed by atoms with van der Waals surface area (Å²) in [6.07, 6.45) is 0. The fourth-order valence-corrected chi connectivity index (χ4v) is 3.87. The van der Waals surface area contributed by atoms with E-state index in [1.54, 1.807) is 0 Å². The Hall–Kier alpha value is -3.25. The molecule has 3 aromatic rings. The minimum absolute atomic E-state index is 0.174. The molecule has 0 saturated carbocycles. The van der Waals surface area contributed by atoms with Crippen LogP contribution < -0.4 is 10.6 Å². The summed E-state index contributed by atoms with van der Waals surface area (Å²) in [6, 6.07) is 18.9. The first-order valence-electron chi connectivity index (χ1n) is 11.0. The van der Waals surface area contributed by atoms with Crippen LogP contribution in [0.2, 0.25) is 0 Å². The van der Waals surface area contributed by atoms with Crippen LogP contribution in [0.3, 0.4) is 0 Å². The number of nitrogens with zero attached hydrogens (tertiary/aromatic N) is 3. The topological polar surface area (TPSA) is 53.1 Å². The molecule has 0 aliphatic carbocycles. The Kier molecular flexibility index (Phi) is 6.51. The van der Waals surface area contributed by atoms with Crippen molar-refractivity contribution in [3.63, 3.8) is 0 Å². The summed E-state index contributed by atoms with van der Waals surface area (Å²) in [5.74, 6) is 0.491. The normalized spacial score (nSPS) is 14.3. The molecule has 0 amide bonds. The first-order chi connectivity index (χ1) is 15.4. The summed E-state index contributed by atoms with van der Waals surface area (Å²) in [5, 5.41) is 15.5. The zero-order valence-electron chi connectivity index (χ0n) is 18.7. The van der Waals surface area contributed by atoms with Crippen molar-refractivity contribution in [2.24, 2.45) is 0 Å². The molecule has 1 aliphatic heterocycles. The van der Waals surface area contributed by atoms with Gasteiger partial charge < -0.3 is 15.5 Å². The molecular weight excluding hydrogens is 401 g/mol. The first-order valence-corrected chi connectivity index (χ1v) is 11.0. The molecule has 0 spiro atoms. The number of rotatable bonds is 7. The summed E-state index contributed by atoms with van der Waals surface area (Å²) in [5.41, 5.74) is 4.88. The third kappa shape index (κ3) is 5.14. The van der Waals surface area contributed by atoms with Gasteiger partial charge in [-0.1, -0.05) is 50.8 Å². The minimum atomic E-state index is -0.223. The highest BCUT2D eigenvalue weighted by molar-refractivity contribution is 5.69. The monoisotopic (exact) mass is 431 g/mol. The molecule has 1 aromatic heterocycles. The average Bonchev–Trinajstić information content (AvgIpc) is 2.83. The third-order valence-corrected chi connectivity index (χ3v) is 5.99. The predicted octanol–water partition coefficient (Wildman–Crippen LogP) is 4.55. The lowest BCUT2D eigenvalue weighted by Crippen LogP contribution is -2.42. The van der Waals surface area contributed by atoms with Gasteiger partial charge in [0.1, 0.15) is 11.6 Å². The largest absolute Gasteiger partial charge is 0.369 e. The molecule has 166 valence electrons. The van der Waals surface area contributed by atoms with Crippen LogP contribution in [0.1, 0.15) is 25.0 Å². The highest BCUT2D eigenvalue weighted by atomic mass is 19.1. The van der Waals surface area contributed by atoms with Crippen LogP contribution in [-0.4, -0.2) is 47.8 Å². The molecule has 0 bridgehead atoms. The van der Waals surface area contributed by atoms with E-state index in [1.165, 1.54) is 12.1 Å². The molecule has 1 fully saturated rings. The van der Waals surface area contributed by atoms with Crippen LogP contribution >= 0.6 is 0 Å². The molecule has 0 radical (unpaired) electrons. The van der Waals surface area contributed by atoms with Crippen molar-refractivity contribution < 1.29 is 4.39 Å². The number of piperazine rings is 1. The van der Waals surface area contributed by atoms with E-state index < -0.39 is 0 Å². The average molecular weight is 432 g/mol. The van der Waals surface area contributed by atoms with E-state index in [2.05, 4.69) is 58.3 Å². The Labute approximate surface area is 189 Å². The summed E-state index contributed by atoms with van der Waals surface area (Å²) in [6.45, 7) is 13.1. The number of benzene rings is 2. The summed E-state index contributed by atoms with van der Waals surface area (Å²) < 4.78 is 13.2. The van der Waals surface area contributed by atoms with Crippen LogP contribution in [0.25, 0.3) is 17.0 Å². The van der Waals surface area contributed by atoms with Crippen molar-refractivity contribution >= 4 is 11.5 Å². The van der Waals surface area contributed by atoms with Gasteiger partial charge in [-0.05, 0) is 41.5 Å². The number of anilines is 1. The molecule has 6 heteroatoms. The lowest BCUT2D eigenvalue weighted by Gasteiger charge is -2.31. The lowest BCUT2D eigenvalue weighted by molar-refractivity contribution is 0.341. The van der Waals surface area contributed by atoms with Crippen molar-refractivity contribution in [3.8, 4) is 11.3 Å². The van der Waals surface area contributed by atoms with Crippen LogP contribution in [0.5, 0.6) is 0 Å². The predicted molar refractivity (Wildman–Crippen MR) is 129 cm³/mol. The highest BCUT2D eigenvalue weighted by Gasteiger charge is 2.20. The van der Waals surface area contributed by atoms with Gasteiger partial charge in [0.05, 0.1) is 5.69 Å². The van der Waals surface area contributed by atoms with Gasteiger partial charge in [-0.3, -0.25) is 0 Å². The van der Waals surface area contributed by atoms with Gasteiger partial charge in [0, 0.05) is 49.4 Å². The Morgan fingerprint density at radius 1 is 1.06 bits per heavy atom. The SMILES string of the molecule is C=C(c1cccc(-c2ccc(NCC(C)(C)c3ccc(F)cc3)nn2)c1)N1CCNCC1. The molecule has 4 rings (SSSR count). The molecule has 1 saturated heterocycles. The molecular formula is C26H30FN5. The molecule has 5 nitrogen and oxygen atoms in total. The number of nitrogens with one attached hydrogen (secondary N) is 2. The quantitative estimate of drug-likeness (QED) is 0.575.